The zero-order valence-corrected chi connectivity index (χ0v) is 12.0. The van der Waals surface area contributed by atoms with E-state index in [-0.39, 0.29) is 6.07 Å². The minimum Gasteiger partial charge on any atom is -0.343 e. The summed E-state index contributed by atoms with van der Waals surface area (Å²) in [7, 11) is 0. The van der Waals surface area contributed by atoms with Gasteiger partial charge in [0, 0.05) is 13.1 Å². The highest BCUT2D eigenvalue weighted by atomic mass is 19.4. The number of likely N-dealkylation sites (N-methyl/N-ethyl adjacent to an activating group) is 1. The minimum absolute atomic E-state index is 0.0465. The number of carbonyl (C=O) groups is 1. The highest BCUT2D eigenvalue weighted by Crippen LogP contribution is 2.37. The summed E-state index contributed by atoms with van der Waals surface area (Å²) in [5, 5.41) is 0. The van der Waals surface area contributed by atoms with Gasteiger partial charge in [0.05, 0.1) is 17.5 Å². The van der Waals surface area contributed by atoms with Crippen molar-refractivity contribution >= 4 is 5.91 Å². The van der Waals surface area contributed by atoms with Gasteiger partial charge in [-0.15, -0.1) is 0 Å². The average Bonchev–Trinajstić information content (AvgIpc) is 2.38. The van der Waals surface area contributed by atoms with Gasteiger partial charge in [-0.3, -0.25) is 4.79 Å². The smallest absolute Gasteiger partial charge is 0.343 e. The Hall–Kier alpha value is -1.73. The van der Waals surface area contributed by atoms with E-state index in [1.807, 2.05) is 0 Å². The summed E-state index contributed by atoms with van der Waals surface area (Å²) in [6, 6.07) is 1.32. The molecule has 0 unspecified atom stereocenters. The third kappa shape index (κ3) is 4.38. The number of hydrogen-bond donors (Lipinski definition) is 0. The van der Waals surface area contributed by atoms with Crippen LogP contribution in [0.15, 0.2) is 18.2 Å². The molecule has 1 amide bonds. The molecule has 0 heterocycles. The number of hydrogen-bond acceptors (Lipinski definition) is 1. The van der Waals surface area contributed by atoms with E-state index in [1.54, 1.807) is 13.8 Å². The predicted molar refractivity (Wildman–Crippen MR) is 68.1 cm³/mol. The molecular weight excluding hydrogens is 312 g/mol. The van der Waals surface area contributed by atoms with Gasteiger partial charge < -0.3 is 4.90 Å². The Morgan fingerprint density at radius 1 is 1.00 bits per heavy atom. The third-order valence-corrected chi connectivity index (χ3v) is 3.20. The molecule has 1 rings (SSSR count). The Bertz CT molecular complexity index is 531. The van der Waals surface area contributed by atoms with Crippen LogP contribution >= 0.6 is 0 Å². The number of halogens is 6. The van der Waals surface area contributed by atoms with Crippen molar-refractivity contribution in [2.45, 2.75) is 32.6 Å². The third-order valence-electron chi connectivity index (χ3n) is 3.20. The van der Waals surface area contributed by atoms with E-state index in [0.717, 1.165) is 0 Å². The Balaban J connectivity index is 3.23. The van der Waals surface area contributed by atoms with Crippen LogP contribution in [0.2, 0.25) is 0 Å². The summed E-state index contributed by atoms with van der Waals surface area (Å²) in [6.07, 6.45) is -10.4. The van der Waals surface area contributed by atoms with Crippen LogP contribution in [0.5, 0.6) is 0 Å². The maximum atomic E-state index is 12.9. The molecule has 8 heteroatoms. The first kappa shape index (κ1) is 18.3. The molecule has 2 nitrogen and oxygen atoms in total. The monoisotopic (exact) mass is 327 g/mol. The van der Waals surface area contributed by atoms with Crippen molar-refractivity contribution in [3.63, 3.8) is 0 Å². The summed E-state index contributed by atoms with van der Waals surface area (Å²) in [4.78, 5) is 13.2. The largest absolute Gasteiger partial charge is 0.416 e. The van der Waals surface area contributed by atoms with Crippen LogP contribution in [-0.2, 0) is 23.6 Å². The number of nitrogens with zero attached hydrogens (tertiary/aromatic N) is 1. The molecule has 124 valence electrons. The predicted octanol–water partition coefficient (Wildman–Crippen LogP) is 4.14. The molecule has 0 aliphatic rings. The molecule has 0 aliphatic carbocycles. The van der Waals surface area contributed by atoms with Crippen molar-refractivity contribution in [1.82, 2.24) is 4.90 Å². The quantitative estimate of drug-likeness (QED) is 0.761. The zero-order chi connectivity index (χ0) is 17.1. The van der Waals surface area contributed by atoms with Crippen molar-refractivity contribution in [2.24, 2.45) is 0 Å². The number of rotatable bonds is 4. The van der Waals surface area contributed by atoms with Crippen LogP contribution in [-0.4, -0.2) is 23.9 Å². The maximum absolute atomic E-state index is 12.9. The molecule has 0 saturated carbocycles. The molecule has 0 saturated heterocycles. The lowest BCUT2D eigenvalue weighted by Crippen LogP contribution is -2.32. The van der Waals surface area contributed by atoms with Crippen LogP contribution in [0.3, 0.4) is 0 Å². The first-order chi connectivity index (χ1) is 10.0. The van der Waals surface area contributed by atoms with E-state index in [2.05, 4.69) is 0 Å². The molecule has 0 fully saturated rings. The van der Waals surface area contributed by atoms with Gasteiger partial charge in [-0.1, -0.05) is 6.07 Å². The SMILES string of the molecule is CCN(CC)C(=O)Cc1ccc(C(F)(F)F)cc1C(F)(F)F. The minimum atomic E-state index is -4.96. The zero-order valence-electron chi connectivity index (χ0n) is 12.0. The van der Waals surface area contributed by atoms with Crippen molar-refractivity contribution < 1.29 is 31.1 Å². The number of carbonyl (C=O) groups excluding carboxylic acids is 1. The van der Waals surface area contributed by atoms with Crippen LogP contribution in [0.25, 0.3) is 0 Å². The van der Waals surface area contributed by atoms with Gasteiger partial charge in [-0.05, 0) is 31.5 Å². The molecule has 22 heavy (non-hydrogen) atoms. The van der Waals surface area contributed by atoms with Crippen LogP contribution in [0.1, 0.15) is 30.5 Å². The van der Waals surface area contributed by atoms with E-state index >= 15 is 0 Å². The first-order valence-corrected chi connectivity index (χ1v) is 6.55. The van der Waals surface area contributed by atoms with E-state index in [0.29, 0.717) is 25.2 Å². The fraction of sp³-hybridized carbons (Fsp3) is 0.500. The second-order valence-electron chi connectivity index (χ2n) is 4.61. The van der Waals surface area contributed by atoms with Crippen LogP contribution in [0.4, 0.5) is 26.3 Å². The molecule has 1 aromatic rings. The molecule has 0 aliphatic heterocycles. The normalized spacial score (nSPS) is 12.4. The molecule has 0 spiro atoms. The first-order valence-electron chi connectivity index (χ1n) is 6.55. The lowest BCUT2D eigenvalue weighted by atomic mass is 10.00. The summed E-state index contributed by atoms with van der Waals surface area (Å²) >= 11 is 0. The molecular formula is C14H15F6NO. The molecule has 1 aromatic carbocycles. The molecule has 0 radical (unpaired) electrons. The summed E-state index contributed by atoms with van der Waals surface area (Å²) in [6.45, 7) is 3.96. The highest BCUT2D eigenvalue weighted by molar-refractivity contribution is 5.79. The highest BCUT2D eigenvalue weighted by Gasteiger charge is 2.38. The van der Waals surface area contributed by atoms with Gasteiger partial charge >= 0.3 is 12.4 Å². The number of alkyl halides is 6. The van der Waals surface area contributed by atoms with Crippen LogP contribution < -0.4 is 0 Å². The Kier molecular flexibility index (Phi) is 5.48. The van der Waals surface area contributed by atoms with E-state index in [9.17, 15) is 31.1 Å². The van der Waals surface area contributed by atoms with Crippen molar-refractivity contribution in [1.29, 1.82) is 0 Å². The Morgan fingerprint density at radius 2 is 1.55 bits per heavy atom. The maximum Gasteiger partial charge on any atom is 0.416 e. The Labute approximate surface area is 123 Å². The second-order valence-corrected chi connectivity index (χ2v) is 4.61. The van der Waals surface area contributed by atoms with Gasteiger partial charge in [0.25, 0.3) is 0 Å². The standard InChI is InChI=1S/C14H15F6NO/c1-3-21(4-2)12(22)7-9-5-6-10(13(15,16)17)8-11(9)14(18,19)20/h5-6,8H,3-4,7H2,1-2H3. The van der Waals surface area contributed by atoms with Gasteiger partial charge in [-0.2, -0.15) is 26.3 Å². The van der Waals surface area contributed by atoms with Gasteiger partial charge in [-0.25, -0.2) is 0 Å². The summed E-state index contributed by atoms with van der Waals surface area (Å²) in [5.41, 5.74) is -3.28. The fourth-order valence-electron chi connectivity index (χ4n) is 2.02. The van der Waals surface area contributed by atoms with Gasteiger partial charge in [0.1, 0.15) is 0 Å². The van der Waals surface area contributed by atoms with Crippen molar-refractivity contribution in [3.8, 4) is 0 Å². The molecule has 0 atom stereocenters. The summed E-state index contributed by atoms with van der Waals surface area (Å²) in [5.74, 6) is -0.560. The molecule has 0 N–H and O–H groups in total. The summed E-state index contributed by atoms with van der Waals surface area (Å²) < 4.78 is 76.5. The fourth-order valence-corrected chi connectivity index (χ4v) is 2.02. The lowest BCUT2D eigenvalue weighted by molar-refractivity contribution is -0.143. The average molecular weight is 327 g/mol. The lowest BCUT2D eigenvalue weighted by Gasteiger charge is -2.20. The Morgan fingerprint density at radius 3 is 1.95 bits per heavy atom. The number of benzene rings is 1. The molecule has 0 aromatic heterocycles. The second kappa shape index (κ2) is 6.58. The number of amides is 1. The van der Waals surface area contributed by atoms with E-state index < -0.39 is 41.4 Å². The van der Waals surface area contributed by atoms with Crippen molar-refractivity contribution in [2.75, 3.05) is 13.1 Å². The van der Waals surface area contributed by atoms with Gasteiger partial charge in [0.15, 0.2) is 0 Å². The van der Waals surface area contributed by atoms with Crippen molar-refractivity contribution in [3.05, 3.63) is 34.9 Å². The topological polar surface area (TPSA) is 20.3 Å². The van der Waals surface area contributed by atoms with Crippen LogP contribution in [0, 0.1) is 0 Å². The molecule has 0 bridgehead atoms. The van der Waals surface area contributed by atoms with Gasteiger partial charge in [0.2, 0.25) is 5.91 Å². The van der Waals surface area contributed by atoms with E-state index in [4.69, 9.17) is 0 Å². The van der Waals surface area contributed by atoms with E-state index in [1.165, 1.54) is 4.90 Å².